The predicted octanol–water partition coefficient (Wildman–Crippen LogP) is 2.04. The predicted molar refractivity (Wildman–Crippen MR) is 80.5 cm³/mol. The molecular weight excluding hydrogens is 264 g/mol. The molecule has 3 rings (SSSR count). The van der Waals surface area contributed by atoms with Crippen molar-refractivity contribution in [1.29, 1.82) is 0 Å². The van der Waals surface area contributed by atoms with Gasteiger partial charge in [-0.3, -0.25) is 9.59 Å². The van der Waals surface area contributed by atoms with E-state index in [1.165, 1.54) is 18.4 Å². The first-order chi connectivity index (χ1) is 10.1. The summed E-state index contributed by atoms with van der Waals surface area (Å²) in [6.07, 6.45) is 2.74. The zero-order chi connectivity index (χ0) is 15.0. The lowest BCUT2D eigenvalue weighted by atomic mass is 9.92. The lowest BCUT2D eigenvalue weighted by Gasteiger charge is -2.25. The number of rotatable bonds is 4. The van der Waals surface area contributed by atoms with Crippen LogP contribution in [0.3, 0.4) is 0 Å². The Hall–Kier alpha value is -1.84. The molecule has 1 aromatic rings. The number of hydrogen-bond donors (Lipinski definition) is 1. The first kappa shape index (κ1) is 14.1. The summed E-state index contributed by atoms with van der Waals surface area (Å²) >= 11 is 0. The third kappa shape index (κ3) is 2.94. The fourth-order valence-electron chi connectivity index (χ4n) is 3.02. The zero-order valence-corrected chi connectivity index (χ0v) is 12.6. The number of hydrogen-bond acceptors (Lipinski definition) is 2. The van der Waals surface area contributed by atoms with Crippen LogP contribution in [0.25, 0.3) is 0 Å². The van der Waals surface area contributed by atoms with E-state index in [1.807, 2.05) is 31.2 Å². The van der Waals surface area contributed by atoms with E-state index in [4.69, 9.17) is 0 Å². The number of nitrogens with one attached hydrogen (secondary N) is 1. The van der Waals surface area contributed by atoms with Gasteiger partial charge >= 0.3 is 0 Å². The summed E-state index contributed by atoms with van der Waals surface area (Å²) in [5, 5.41) is 3.02. The number of nitrogens with zero attached hydrogens (tertiary/aromatic N) is 1. The fourth-order valence-corrected chi connectivity index (χ4v) is 3.02. The van der Waals surface area contributed by atoms with Crippen molar-refractivity contribution in [3.8, 4) is 0 Å². The quantitative estimate of drug-likeness (QED) is 0.921. The van der Waals surface area contributed by atoms with Gasteiger partial charge in [-0.15, -0.1) is 0 Å². The van der Waals surface area contributed by atoms with Crippen LogP contribution in [0.15, 0.2) is 24.3 Å². The number of carbonyl (C=O) groups is 2. The molecule has 0 radical (unpaired) electrons. The van der Waals surface area contributed by atoms with Gasteiger partial charge in [-0.1, -0.05) is 29.8 Å². The maximum atomic E-state index is 12.4. The van der Waals surface area contributed by atoms with Gasteiger partial charge in [0.1, 0.15) is 0 Å². The van der Waals surface area contributed by atoms with Crippen molar-refractivity contribution in [2.75, 3.05) is 13.6 Å². The van der Waals surface area contributed by atoms with Gasteiger partial charge in [-0.05, 0) is 31.2 Å². The van der Waals surface area contributed by atoms with E-state index in [2.05, 4.69) is 5.32 Å². The molecule has 21 heavy (non-hydrogen) atoms. The van der Waals surface area contributed by atoms with Gasteiger partial charge in [0.25, 0.3) is 0 Å². The maximum absolute atomic E-state index is 12.4. The third-order valence-corrected chi connectivity index (χ3v) is 4.60. The lowest BCUT2D eigenvalue weighted by molar-refractivity contribution is -0.128. The van der Waals surface area contributed by atoms with Gasteiger partial charge in [-0.25, -0.2) is 0 Å². The van der Waals surface area contributed by atoms with E-state index in [0.29, 0.717) is 12.3 Å². The second-order valence-electron chi connectivity index (χ2n) is 6.36. The van der Waals surface area contributed by atoms with E-state index < -0.39 is 0 Å². The Labute approximate surface area is 125 Å². The molecular formula is C17H22N2O2. The van der Waals surface area contributed by atoms with Gasteiger partial charge in [0, 0.05) is 20.0 Å². The van der Waals surface area contributed by atoms with Gasteiger partial charge in [-0.2, -0.15) is 0 Å². The summed E-state index contributed by atoms with van der Waals surface area (Å²) < 4.78 is 0. The minimum absolute atomic E-state index is 0.0187. The number of likely N-dealkylation sites (tertiary alicyclic amines) is 1. The van der Waals surface area contributed by atoms with Crippen molar-refractivity contribution >= 4 is 11.8 Å². The van der Waals surface area contributed by atoms with Gasteiger partial charge < -0.3 is 10.2 Å². The highest BCUT2D eigenvalue weighted by Gasteiger charge is 2.42. The van der Waals surface area contributed by atoms with E-state index in [1.54, 1.807) is 11.9 Å². The third-order valence-electron chi connectivity index (χ3n) is 4.60. The topological polar surface area (TPSA) is 49.4 Å². The Bertz CT molecular complexity index is 548. The highest BCUT2D eigenvalue weighted by atomic mass is 16.2. The van der Waals surface area contributed by atoms with Crippen LogP contribution in [-0.2, 0) is 9.59 Å². The summed E-state index contributed by atoms with van der Waals surface area (Å²) in [4.78, 5) is 26.2. The molecule has 2 amide bonds. The summed E-state index contributed by atoms with van der Waals surface area (Å²) in [5.74, 6) is 0.447. The molecule has 112 valence electrons. The van der Waals surface area contributed by atoms with Crippen LogP contribution >= 0.6 is 0 Å². The first-order valence-electron chi connectivity index (χ1n) is 7.66. The molecule has 2 atom stereocenters. The Balaban J connectivity index is 1.78. The Kier molecular flexibility index (Phi) is 3.70. The largest absolute Gasteiger partial charge is 0.355 e. The number of carbonyl (C=O) groups excluding carboxylic acids is 2. The molecule has 1 saturated heterocycles. The summed E-state index contributed by atoms with van der Waals surface area (Å²) in [7, 11) is 1.79. The molecule has 0 bridgehead atoms. The molecule has 1 aliphatic heterocycles. The van der Waals surface area contributed by atoms with Crippen LogP contribution in [0.1, 0.15) is 36.4 Å². The van der Waals surface area contributed by atoms with Crippen molar-refractivity contribution in [3.05, 3.63) is 35.4 Å². The van der Waals surface area contributed by atoms with Crippen molar-refractivity contribution in [1.82, 2.24) is 10.2 Å². The molecule has 4 nitrogen and oxygen atoms in total. The molecule has 2 aliphatic rings. The van der Waals surface area contributed by atoms with E-state index in [0.717, 1.165) is 12.1 Å². The molecule has 1 aliphatic carbocycles. The van der Waals surface area contributed by atoms with Crippen LogP contribution in [0, 0.1) is 18.8 Å². The van der Waals surface area contributed by atoms with Crippen molar-refractivity contribution in [2.24, 2.45) is 11.8 Å². The van der Waals surface area contributed by atoms with Crippen LogP contribution in [0.2, 0.25) is 0 Å². The Morgan fingerprint density at radius 1 is 1.29 bits per heavy atom. The van der Waals surface area contributed by atoms with Gasteiger partial charge in [0.2, 0.25) is 11.8 Å². The van der Waals surface area contributed by atoms with Gasteiger partial charge in [0.15, 0.2) is 0 Å². The average Bonchev–Trinajstić information content (AvgIpc) is 3.25. The normalized spacial score (nSPS) is 25.2. The standard InChI is InChI=1S/C17H22N2O2/c1-11-3-7-13(8-4-11)16-14(9-15(20)19(16)2)17(21)18-10-12-5-6-12/h3-4,7-8,12,14,16H,5-6,9-10H2,1-2H3,(H,18,21)/t14-,16-/m1/s1. The second kappa shape index (κ2) is 5.51. The highest BCUT2D eigenvalue weighted by molar-refractivity contribution is 5.90. The molecule has 0 aromatic heterocycles. The number of aryl methyl sites for hydroxylation is 1. The minimum Gasteiger partial charge on any atom is -0.355 e. The summed E-state index contributed by atoms with van der Waals surface area (Å²) in [6.45, 7) is 2.79. The minimum atomic E-state index is -0.274. The Morgan fingerprint density at radius 3 is 2.57 bits per heavy atom. The SMILES string of the molecule is Cc1ccc([C@@H]2[C@H](C(=O)NCC3CC3)CC(=O)N2C)cc1. The second-order valence-corrected chi connectivity index (χ2v) is 6.36. The summed E-state index contributed by atoms with van der Waals surface area (Å²) in [5.41, 5.74) is 2.22. The van der Waals surface area contributed by atoms with Crippen molar-refractivity contribution in [2.45, 2.75) is 32.2 Å². The fraction of sp³-hybridized carbons (Fsp3) is 0.529. The monoisotopic (exact) mass is 286 g/mol. The van der Waals surface area contributed by atoms with Crippen LogP contribution in [-0.4, -0.2) is 30.3 Å². The smallest absolute Gasteiger partial charge is 0.226 e. The first-order valence-corrected chi connectivity index (χ1v) is 7.66. The molecule has 4 heteroatoms. The molecule has 1 saturated carbocycles. The average molecular weight is 286 g/mol. The molecule has 1 aromatic carbocycles. The molecule has 1 heterocycles. The van der Waals surface area contributed by atoms with Gasteiger partial charge in [0.05, 0.1) is 12.0 Å². The van der Waals surface area contributed by atoms with Crippen molar-refractivity contribution < 1.29 is 9.59 Å². The Morgan fingerprint density at radius 2 is 1.95 bits per heavy atom. The van der Waals surface area contributed by atoms with Crippen LogP contribution in [0.5, 0.6) is 0 Å². The lowest BCUT2D eigenvalue weighted by Crippen LogP contribution is -2.35. The van der Waals surface area contributed by atoms with Crippen molar-refractivity contribution in [3.63, 3.8) is 0 Å². The van der Waals surface area contributed by atoms with E-state index >= 15 is 0 Å². The maximum Gasteiger partial charge on any atom is 0.226 e. The van der Waals surface area contributed by atoms with Crippen LogP contribution < -0.4 is 5.32 Å². The zero-order valence-electron chi connectivity index (χ0n) is 12.6. The summed E-state index contributed by atoms with van der Waals surface area (Å²) in [6, 6.07) is 7.97. The highest BCUT2D eigenvalue weighted by Crippen LogP contribution is 2.37. The number of benzene rings is 1. The van der Waals surface area contributed by atoms with Crippen LogP contribution in [0.4, 0.5) is 0 Å². The molecule has 0 spiro atoms. The molecule has 2 fully saturated rings. The molecule has 0 unspecified atom stereocenters. The molecule has 1 N–H and O–H groups in total. The van der Waals surface area contributed by atoms with E-state index in [9.17, 15) is 9.59 Å². The van der Waals surface area contributed by atoms with E-state index in [-0.39, 0.29) is 23.8 Å². The number of amides is 2.